The summed E-state index contributed by atoms with van der Waals surface area (Å²) in [4.78, 5) is 12.2. The van der Waals surface area contributed by atoms with Gasteiger partial charge in [0.2, 0.25) is 0 Å². The Labute approximate surface area is 98.5 Å². The largest absolute Gasteiger partial charge is 0.497 e. The van der Waals surface area contributed by atoms with Gasteiger partial charge in [-0.3, -0.25) is 4.79 Å². The van der Waals surface area contributed by atoms with Crippen LogP contribution in [0.5, 0.6) is 5.75 Å². The lowest BCUT2D eigenvalue weighted by Gasteiger charge is -2.03. The van der Waals surface area contributed by atoms with E-state index >= 15 is 0 Å². The van der Waals surface area contributed by atoms with Gasteiger partial charge >= 0.3 is 0 Å². The number of hydrogen-bond acceptors (Lipinski definition) is 3. The van der Waals surface area contributed by atoms with Crippen molar-refractivity contribution < 1.29 is 9.53 Å². The Morgan fingerprint density at radius 2 is 1.88 bits per heavy atom. The fourth-order valence-electron chi connectivity index (χ4n) is 1.58. The lowest BCUT2D eigenvalue weighted by atomic mass is 10.1. The second kappa shape index (κ2) is 4.49. The molecule has 1 heterocycles. The fourth-order valence-corrected chi connectivity index (χ4v) is 2.40. The zero-order chi connectivity index (χ0) is 11.5. The third-order valence-corrected chi connectivity index (χ3v) is 3.40. The first-order valence-corrected chi connectivity index (χ1v) is 5.83. The van der Waals surface area contributed by atoms with Crippen molar-refractivity contribution in [2.24, 2.45) is 0 Å². The SMILES string of the molecule is COc1ccc(-c2ccsc2C(C)=O)cc1. The predicted octanol–water partition coefficient (Wildman–Crippen LogP) is 3.63. The number of rotatable bonds is 3. The molecule has 0 aliphatic carbocycles. The third-order valence-electron chi connectivity index (χ3n) is 2.39. The maximum atomic E-state index is 11.4. The van der Waals surface area contributed by atoms with Crippen LogP contribution in [0.1, 0.15) is 16.6 Å². The Morgan fingerprint density at radius 3 is 2.44 bits per heavy atom. The maximum Gasteiger partial charge on any atom is 0.170 e. The molecule has 0 amide bonds. The van der Waals surface area contributed by atoms with Crippen LogP contribution in [0.15, 0.2) is 35.7 Å². The normalized spacial score (nSPS) is 10.1. The van der Waals surface area contributed by atoms with Crippen LogP contribution in [0.4, 0.5) is 0 Å². The van der Waals surface area contributed by atoms with Gasteiger partial charge in [-0.05, 0) is 36.1 Å². The molecule has 2 nitrogen and oxygen atoms in total. The summed E-state index contributed by atoms with van der Waals surface area (Å²) in [5.41, 5.74) is 2.05. The molecule has 0 atom stereocenters. The lowest BCUT2D eigenvalue weighted by molar-refractivity contribution is 0.102. The summed E-state index contributed by atoms with van der Waals surface area (Å²) in [6.07, 6.45) is 0. The van der Waals surface area contributed by atoms with Crippen LogP contribution in [-0.2, 0) is 0 Å². The zero-order valence-electron chi connectivity index (χ0n) is 9.19. The van der Waals surface area contributed by atoms with Crippen LogP contribution in [0.2, 0.25) is 0 Å². The Hall–Kier alpha value is -1.61. The first-order chi connectivity index (χ1) is 7.72. The minimum absolute atomic E-state index is 0.112. The number of benzene rings is 1. The molecule has 0 spiro atoms. The van der Waals surface area contributed by atoms with Crippen molar-refractivity contribution in [3.63, 3.8) is 0 Å². The van der Waals surface area contributed by atoms with Gasteiger partial charge in [-0.15, -0.1) is 11.3 Å². The van der Waals surface area contributed by atoms with Crippen LogP contribution in [0.3, 0.4) is 0 Å². The molecule has 16 heavy (non-hydrogen) atoms. The molecule has 0 fully saturated rings. The topological polar surface area (TPSA) is 26.3 Å². The average Bonchev–Trinajstić information content (AvgIpc) is 2.78. The third kappa shape index (κ3) is 1.99. The first kappa shape index (κ1) is 10.9. The molecule has 2 rings (SSSR count). The maximum absolute atomic E-state index is 11.4. The smallest absolute Gasteiger partial charge is 0.170 e. The van der Waals surface area contributed by atoms with E-state index < -0.39 is 0 Å². The first-order valence-electron chi connectivity index (χ1n) is 4.95. The van der Waals surface area contributed by atoms with Gasteiger partial charge in [0.1, 0.15) is 5.75 Å². The van der Waals surface area contributed by atoms with Crippen molar-refractivity contribution in [3.05, 3.63) is 40.6 Å². The van der Waals surface area contributed by atoms with E-state index in [2.05, 4.69) is 0 Å². The Kier molecular flexibility index (Phi) is 3.06. The molecular weight excluding hydrogens is 220 g/mol. The van der Waals surface area contributed by atoms with Crippen LogP contribution >= 0.6 is 11.3 Å². The summed E-state index contributed by atoms with van der Waals surface area (Å²) < 4.78 is 5.10. The summed E-state index contributed by atoms with van der Waals surface area (Å²) in [6.45, 7) is 1.60. The van der Waals surface area contributed by atoms with E-state index in [4.69, 9.17) is 4.74 Å². The Bertz CT molecular complexity index is 497. The Balaban J connectivity index is 2.42. The Morgan fingerprint density at radius 1 is 1.19 bits per heavy atom. The summed E-state index contributed by atoms with van der Waals surface area (Å²) in [5, 5.41) is 1.94. The molecule has 0 saturated heterocycles. The van der Waals surface area contributed by atoms with Gasteiger partial charge in [0.05, 0.1) is 12.0 Å². The molecule has 2 aromatic rings. The van der Waals surface area contributed by atoms with Crippen molar-refractivity contribution in [2.45, 2.75) is 6.92 Å². The van der Waals surface area contributed by atoms with Gasteiger partial charge in [-0.1, -0.05) is 12.1 Å². The highest BCUT2D eigenvalue weighted by Crippen LogP contribution is 2.29. The van der Waals surface area contributed by atoms with E-state index in [1.807, 2.05) is 35.7 Å². The van der Waals surface area contributed by atoms with Gasteiger partial charge in [0.25, 0.3) is 0 Å². The quantitative estimate of drug-likeness (QED) is 0.755. The van der Waals surface area contributed by atoms with E-state index in [1.165, 1.54) is 11.3 Å². The summed E-state index contributed by atoms with van der Waals surface area (Å²) in [6, 6.07) is 9.71. The number of hydrogen-bond donors (Lipinski definition) is 0. The van der Waals surface area contributed by atoms with Gasteiger partial charge in [-0.25, -0.2) is 0 Å². The lowest BCUT2D eigenvalue weighted by Crippen LogP contribution is -1.90. The number of ether oxygens (including phenoxy) is 1. The molecule has 0 bridgehead atoms. The summed E-state index contributed by atoms with van der Waals surface area (Å²) >= 11 is 1.48. The predicted molar refractivity (Wildman–Crippen MR) is 66.3 cm³/mol. The molecule has 3 heteroatoms. The van der Waals surface area contributed by atoms with E-state index in [1.54, 1.807) is 14.0 Å². The van der Waals surface area contributed by atoms with Gasteiger partial charge < -0.3 is 4.74 Å². The monoisotopic (exact) mass is 232 g/mol. The second-order valence-electron chi connectivity index (χ2n) is 3.45. The van der Waals surface area contributed by atoms with Crippen molar-refractivity contribution in [2.75, 3.05) is 7.11 Å². The number of carbonyl (C=O) groups excluding carboxylic acids is 1. The standard InChI is InChI=1S/C13H12O2S/c1-9(14)13-12(7-8-16-13)10-3-5-11(15-2)6-4-10/h3-8H,1-2H3. The number of carbonyl (C=O) groups is 1. The number of methoxy groups -OCH3 is 1. The van der Waals surface area contributed by atoms with Crippen LogP contribution < -0.4 is 4.74 Å². The minimum Gasteiger partial charge on any atom is -0.497 e. The van der Waals surface area contributed by atoms with Crippen LogP contribution in [-0.4, -0.2) is 12.9 Å². The van der Waals surface area contributed by atoms with E-state index in [9.17, 15) is 4.79 Å². The molecule has 82 valence electrons. The van der Waals surface area contributed by atoms with E-state index in [0.717, 1.165) is 21.8 Å². The van der Waals surface area contributed by atoms with Gasteiger partial charge in [0.15, 0.2) is 5.78 Å². The highest BCUT2D eigenvalue weighted by Gasteiger charge is 2.10. The molecule has 1 aromatic carbocycles. The molecule has 0 unspecified atom stereocenters. The van der Waals surface area contributed by atoms with Gasteiger partial charge in [0, 0.05) is 5.56 Å². The molecule has 0 N–H and O–H groups in total. The number of thiophene rings is 1. The fraction of sp³-hybridized carbons (Fsp3) is 0.154. The zero-order valence-corrected chi connectivity index (χ0v) is 10.0. The van der Waals surface area contributed by atoms with Crippen molar-refractivity contribution in [3.8, 4) is 16.9 Å². The minimum atomic E-state index is 0.112. The van der Waals surface area contributed by atoms with Crippen LogP contribution in [0, 0.1) is 0 Å². The molecule has 0 aliphatic heterocycles. The van der Waals surface area contributed by atoms with E-state index in [-0.39, 0.29) is 5.78 Å². The van der Waals surface area contributed by atoms with Crippen molar-refractivity contribution >= 4 is 17.1 Å². The van der Waals surface area contributed by atoms with Gasteiger partial charge in [-0.2, -0.15) is 0 Å². The summed E-state index contributed by atoms with van der Waals surface area (Å²) in [5.74, 6) is 0.934. The highest BCUT2D eigenvalue weighted by atomic mass is 32.1. The molecule has 0 aliphatic rings. The number of Topliss-reactive ketones (excluding diaryl/α,β-unsaturated/α-hetero) is 1. The highest BCUT2D eigenvalue weighted by molar-refractivity contribution is 7.12. The van der Waals surface area contributed by atoms with Crippen LogP contribution in [0.25, 0.3) is 11.1 Å². The second-order valence-corrected chi connectivity index (χ2v) is 4.36. The molecular formula is C13H12O2S. The molecule has 0 saturated carbocycles. The van der Waals surface area contributed by atoms with E-state index in [0.29, 0.717) is 0 Å². The number of ketones is 1. The van der Waals surface area contributed by atoms with Crippen molar-refractivity contribution in [1.29, 1.82) is 0 Å². The summed E-state index contributed by atoms with van der Waals surface area (Å²) in [7, 11) is 1.64. The molecule has 1 aromatic heterocycles. The molecule has 0 radical (unpaired) electrons. The van der Waals surface area contributed by atoms with Crippen molar-refractivity contribution in [1.82, 2.24) is 0 Å². The average molecular weight is 232 g/mol.